The van der Waals surface area contributed by atoms with E-state index in [1.165, 1.54) is 12.1 Å². The molecule has 0 spiro atoms. The highest BCUT2D eigenvalue weighted by Crippen LogP contribution is 2.31. The summed E-state index contributed by atoms with van der Waals surface area (Å²) in [6.45, 7) is 3.12. The maximum absolute atomic E-state index is 13.0. The molecule has 6 nitrogen and oxygen atoms in total. The van der Waals surface area contributed by atoms with E-state index in [9.17, 15) is 13.2 Å². The molecule has 1 heterocycles. The molecule has 7 heteroatoms. The molecule has 0 aliphatic heterocycles. The van der Waals surface area contributed by atoms with E-state index in [1.807, 2.05) is 60.7 Å². The summed E-state index contributed by atoms with van der Waals surface area (Å²) in [5, 5.41) is 5.10. The van der Waals surface area contributed by atoms with Crippen LogP contribution in [0.25, 0.3) is 21.8 Å². The third kappa shape index (κ3) is 4.56. The van der Waals surface area contributed by atoms with Gasteiger partial charge in [-0.25, -0.2) is 13.1 Å². The molecular formula is C28H25N3O3S. The number of benzene rings is 4. The molecule has 0 fully saturated rings. The van der Waals surface area contributed by atoms with Crippen LogP contribution >= 0.6 is 0 Å². The topological polar surface area (TPSA) is 80.2 Å². The lowest BCUT2D eigenvalue weighted by atomic mass is 10.1. The fourth-order valence-electron chi connectivity index (χ4n) is 4.34. The number of sulfonamides is 1. The SMILES string of the molecule is CCn1c2ccccc2c2cc(NC(=O)c3cccc(S(=O)(=O)NCc4ccccc4)c3)ccc21. The lowest BCUT2D eigenvalue weighted by Crippen LogP contribution is -2.23. The van der Waals surface area contributed by atoms with Gasteiger partial charge in [-0.2, -0.15) is 0 Å². The van der Waals surface area contributed by atoms with E-state index in [0.29, 0.717) is 5.69 Å². The van der Waals surface area contributed by atoms with E-state index in [0.717, 1.165) is 33.9 Å². The second-order valence-corrected chi connectivity index (χ2v) is 10.1. The Hall–Kier alpha value is -3.94. The largest absolute Gasteiger partial charge is 0.341 e. The van der Waals surface area contributed by atoms with Crippen LogP contribution in [0, 0.1) is 0 Å². The van der Waals surface area contributed by atoms with Crippen LogP contribution in [0.4, 0.5) is 5.69 Å². The molecule has 5 rings (SSSR count). The first-order valence-electron chi connectivity index (χ1n) is 11.4. The van der Waals surface area contributed by atoms with Crippen molar-refractivity contribution in [2.45, 2.75) is 24.9 Å². The highest BCUT2D eigenvalue weighted by molar-refractivity contribution is 7.89. The summed E-state index contributed by atoms with van der Waals surface area (Å²) in [6.07, 6.45) is 0. The zero-order chi connectivity index (χ0) is 24.4. The number of aryl methyl sites for hydroxylation is 1. The Balaban J connectivity index is 1.38. The van der Waals surface area contributed by atoms with E-state index in [-0.39, 0.29) is 22.9 Å². The molecule has 0 unspecified atom stereocenters. The van der Waals surface area contributed by atoms with Gasteiger partial charge in [-0.1, -0.05) is 54.6 Å². The first-order chi connectivity index (χ1) is 17.0. The Labute approximate surface area is 204 Å². The number of amides is 1. The number of carbonyl (C=O) groups excluding carboxylic acids is 1. The van der Waals surface area contributed by atoms with E-state index in [4.69, 9.17) is 0 Å². The van der Waals surface area contributed by atoms with Gasteiger partial charge in [-0.05, 0) is 55.0 Å². The smallest absolute Gasteiger partial charge is 0.255 e. The van der Waals surface area contributed by atoms with Crippen LogP contribution in [0.3, 0.4) is 0 Å². The van der Waals surface area contributed by atoms with Gasteiger partial charge in [0.05, 0.1) is 4.90 Å². The molecule has 0 saturated carbocycles. The molecule has 0 aliphatic rings. The quantitative estimate of drug-likeness (QED) is 0.319. The van der Waals surface area contributed by atoms with E-state index < -0.39 is 10.0 Å². The van der Waals surface area contributed by atoms with Crippen LogP contribution in [0.1, 0.15) is 22.8 Å². The van der Waals surface area contributed by atoms with Gasteiger partial charge in [-0.15, -0.1) is 0 Å². The zero-order valence-corrected chi connectivity index (χ0v) is 20.0. The second kappa shape index (κ2) is 9.37. The highest BCUT2D eigenvalue weighted by Gasteiger charge is 2.17. The zero-order valence-electron chi connectivity index (χ0n) is 19.2. The third-order valence-corrected chi connectivity index (χ3v) is 7.46. The molecule has 0 aliphatic carbocycles. The minimum absolute atomic E-state index is 0.0440. The van der Waals surface area contributed by atoms with Crippen molar-refractivity contribution in [1.82, 2.24) is 9.29 Å². The first kappa shape index (κ1) is 22.8. The van der Waals surface area contributed by atoms with Crippen molar-refractivity contribution in [3.63, 3.8) is 0 Å². The van der Waals surface area contributed by atoms with Gasteiger partial charge in [0.1, 0.15) is 0 Å². The van der Waals surface area contributed by atoms with Crippen LogP contribution in [0.5, 0.6) is 0 Å². The van der Waals surface area contributed by atoms with Crippen molar-refractivity contribution in [1.29, 1.82) is 0 Å². The van der Waals surface area contributed by atoms with Crippen molar-refractivity contribution in [2.75, 3.05) is 5.32 Å². The fourth-order valence-corrected chi connectivity index (χ4v) is 5.40. The Kier molecular flexibility index (Phi) is 6.11. The number of hydrogen-bond acceptors (Lipinski definition) is 3. The molecular weight excluding hydrogens is 458 g/mol. The molecule has 176 valence electrons. The minimum Gasteiger partial charge on any atom is -0.341 e. The highest BCUT2D eigenvalue weighted by atomic mass is 32.2. The maximum atomic E-state index is 13.0. The molecule has 0 saturated heterocycles. The number of anilines is 1. The lowest BCUT2D eigenvalue weighted by molar-refractivity contribution is 0.102. The number of aromatic nitrogens is 1. The number of nitrogens with one attached hydrogen (secondary N) is 2. The molecule has 5 aromatic rings. The van der Waals surface area contributed by atoms with Gasteiger partial charge in [0.25, 0.3) is 5.91 Å². The van der Waals surface area contributed by atoms with Gasteiger partial charge >= 0.3 is 0 Å². The van der Waals surface area contributed by atoms with Crippen molar-refractivity contribution < 1.29 is 13.2 Å². The van der Waals surface area contributed by atoms with Crippen LogP contribution in [0.15, 0.2) is 102 Å². The van der Waals surface area contributed by atoms with Gasteiger partial charge in [0.15, 0.2) is 0 Å². The number of rotatable bonds is 7. The molecule has 1 amide bonds. The van der Waals surface area contributed by atoms with E-state index in [2.05, 4.69) is 33.7 Å². The third-order valence-electron chi connectivity index (χ3n) is 6.06. The normalized spacial score (nSPS) is 11.7. The summed E-state index contributed by atoms with van der Waals surface area (Å²) in [5.41, 5.74) is 4.02. The lowest BCUT2D eigenvalue weighted by Gasteiger charge is -2.10. The van der Waals surface area contributed by atoms with Crippen molar-refractivity contribution in [3.8, 4) is 0 Å². The number of para-hydroxylation sites is 1. The molecule has 2 N–H and O–H groups in total. The summed E-state index contributed by atoms with van der Waals surface area (Å²) in [6, 6.07) is 29.4. The molecule has 0 radical (unpaired) electrons. The van der Waals surface area contributed by atoms with Crippen LogP contribution in [-0.2, 0) is 23.1 Å². The van der Waals surface area contributed by atoms with E-state index in [1.54, 1.807) is 12.1 Å². The summed E-state index contributed by atoms with van der Waals surface area (Å²) in [5.74, 6) is -0.372. The van der Waals surface area contributed by atoms with Gasteiger partial charge in [-0.3, -0.25) is 4.79 Å². The van der Waals surface area contributed by atoms with Crippen molar-refractivity contribution in [3.05, 3.63) is 108 Å². The number of carbonyl (C=O) groups is 1. The van der Waals surface area contributed by atoms with Crippen LogP contribution < -0.4 is 10.0 Å². The van der Waals surface area contributed by atoms with Crippen LogP contribution in [0.2, 0.25) is 0 Å². The van der Waals surface area contributed by atoms with Gasteiger partial charge < -0.3 is 9.88 Å². The number of fused-ring (bicyclic) bond motifs is 3. The predicted molar refractivity (Wildman–Crippen MR) is 140 cm³/mol. The second-order valence-electron chi connectivity index (χ2n) is 8.29. The molecule has 0 atom stereocenters. The predicted octanol–water partition coefficient (Wildman–Crippen LogP) is 5.55. The van der Waals surface area contributed by atoms with Crippen molar-refractivity contribution in [2.24, 2.45) is 0 Å². The maximum Gasteiger partial charge on any atom is 0.255 e. The first-order valence-corrected chi connectivity index (χ1v) is 12.9. The summed E-state index contributed by atoms with van der Waals surface area (Å²) >= 11 is 0. The van der Waals surface area contributed by atoms with Gasteiger partial charge in [0.2, 0.25) is 10.0 Å². The standard InChI is InChI=1S/C28H25N3O3S/c1-2-31-26-14-7-6-13-24(26)25-18-22(15-16-27(25)31)30-28(32)21-11-8-12-23(17-21)35(33,34)29-19-20-9-4-3-5-10-20/h3-18,29H,2,19H2,1H3,(H,30,32). The summed E-state index contributed by atoms with van der Waals surface area (Å²) in [7, 11) is -3.77. The Bertz CT molecular complexity index is 1640. The van der Waals surface area contributed by atoms with Gasteiger partial charge in [0, 0.05) is 46.1 Å². The Morgan fingerprint density at radius 2 is 1.54 bits per heavy atom. The minimum atomic E-state index is -3.77. The van der Waals surface area contributed by atoms with Crippen molar-refractivity contribution >= 4 is 43.4 Å². The molecule has 4 aromatic carbocycles. The fraction of sp³-hybridized carbons (Fsp3) is 0.107. The Morgan fingerprint density at radius 1 is 0.800 bits per heavy atom. The van der Waals surface area contributed by atoms with E-state index >= 15 is 0 Å². The molecule has 1 aromatic heterocycles. The average Bonchev–Trinajstić information content (AvgIpc) is 3.21. The molecule has 0 bridgehead atoms. The number of hydrogen-bond donors (Lipinski definition) is 2. The average molecular weight is 484 g/mol. The van der Waals surface area contributed by atoms with Crippen LogP contribution in [-0.4, -0.2) is 18.9 Å². The molecule has 35 heavy (non-hydrogen) atoms. The summed E-state index contributed by atoms with van der Waals surface area (Å²) in [4.78, 5) is 13.0. The monoisotopic (exact) mass is 483 g/mol. The number of nitrogens with zero attached hydrogens (tertiary/aromatic N) is 1. The Morgan fingerprint density at radius 3 is 2.34 bits per heavy atom. The summed E-state index contributed by atoms with van der Waals surface area (Å²) < 4.78 is 30.4.